The van der Waals surface area contributed by atoms with E-state index in [0.717, 1.165) is 35.5 Å². The quantitative estimate of drug-likeness (QED) is 0.787. The Hall–Kier alpha value is -2.49. The average molecular weight is 264 g/mol. The summed E-state index contributed by atoms with van der Waals surface area (Å²) in [6.07, 6.45) is 4.57. The summed E-state index contributed by atoms with van der Waals surface area (Å²) in [5, 5.41) is 3.36. The fraction of sp³-hybridized carbons (Fsp3) is 0.188. The summed E-state index contributed by atoms with van der Waals surface area (Å²) in [5.41, 5.74) is 4.05. The van der Waals surface area contributed by atoms with Gasteiger partial charge in [-0.2, -0.15) is 0 Å². The minimum atomic E-state index is 0.831. The van der Waals surface area contributed by atoms with Crippen molar-refractivity contribution in [2.45, 2.75) is 13.3 Å². The summed E-state index contributed by atoms with van der Waals surface area (Å²) in [6.45, 7) is 2.81. The lowest BCUT2D eigenvalue weighted by atomic mass is 10.2. The van der Waals surface area contributed by atoms with E-state index in [1.807, 2.05) is 55.7 Å². The second-order valence-corrected chi connectivity index (χ2v) is 4.68. The van der Waals surface area contributed by atoms with Crippen molar-refractivity contribution in [3.8, 4) is 0 Å². The van der Waals surface area contributed by atoms with E-state index in [0.29, 0.717) is 0 Å². The summed E-state index contributed by atoms with van der Waals surface area (Å²) >= 11 is 0. The number of hydrogen-bond acceptors (Lipinski definition) is 4. The molecule has 0 fully saturated rings. The number of para-hydroxylation sites is 2. The predicted molar refractivity (Wildman–Crippen MR) is 80.7 cm³/mol. The Morgan fingerprint density at radius 1 is 0.950 bits per heavy atom. The number of fused-ring (bicyclic) bond motifs is 1. The van der Waals surface area contributed by atoms with E-state index in [1.165, 1.54) is 5.56 Å². The van der Waals surface area contributed by atoms with E-state index in [1.54, 1.807) is 0 Å². The molecule has 0 saturated carbocycles. The lowest BCUT2D eigenvalue weighted by Crippen LogP contribution is -2.08. The second-order valence-electron chi connectivity index (χ2n) is 4.68. The van der Waals surface area contributed by atoms with Crippen LogP contribution in [0.1, 0.15) is 11.3 Å². The van der Waals surface area contributed by atoms with Crippen molar-refractivity contribution < 1.29 is 0 Å². The molecule has 1 aromatic carbocycles. The van der Waals surface area contributed by atoms with Crippen LogP contribution in [0.2, 0.25) is 0 Å². The number of hydrogen-bond donors (Lipinski definition) is 1. The van der Waals surface area contributed by atoms with Crippen molar-refractivity contribution >= 4 is 16.9 Å². The van der Waals surface area contributed by atoms with Gasteiger partial charge in [-0.25, -0.2) is 9.97 Å². The van der Waals surface area contributed by atoms with E-state index >= 15 is 0 Å². The lowest BCUT2D eigenvalue weighted by Gasteiger charge is -2.09. The minimum Gasteiger partial charge on any atom is -0.368 e. The van der Waals surface area contributed by atoms with Gasteiger partial charge in [0.25, 0.3) is 0 Å². The molecule has 0 atom stereocenters. The Labute approximate surface area is 117 Å². The number of benzene rings is 1. The fourth-order valence-corrected chi connectivity index (χ4v) is 2.13. The molecular formula is C16H16N4. The van der Waals surface area contributed by atoms with Gasteiger partial charge < -0.3 is 5.32 Å². The summed E-state index contributed by atoms with van der Waals surface area (Å²) < 4.78 is 0. The van der Waals surface area contributed by atoms with E-state index in [9.17, 15) is 0 Å². The first-order valence-corrected chi connectivity index (χ1v) is 6.69. The molecule has 2 heterocycles. The Morgan fingerprint density at radius 3 is 2.40 bits per heavy atom. The molecule has 3 rings (SSSR count). The Kier molecular flexibility index (Phi) is 3.54. The van der Waals surface area contributed by atoms with Crippen LogP contribution in [0.4, 0.5) is 5.82 Å². The number of nitrogens with zero attached hydrogens (tertiary/aromatic N) is 3. The Morgan fingerprint density at radius 2 is 1.65 bits per heavy atom. The number of nitrogens with one attached hydrogen (secondary N) is 1. The van der Waals surface area contributed by atoms with Crippen LogP contribution in [-0.4, -0.2) is 21.5 Å². The molecule has 4 heteroatoms. The number of aryl methyl sites for hydroxylation is 1. The van der Waals surface area contributed by atoms with Crippen molar-refractivity contribution in [1.82, 2.24) is 15.0 Å². The molecule has 0 bridgehead atoms. The molecule has 0 aliphatic heterocycles. The van der Waals surface area contributed by atoms with Crippen molar-refractivity contribution in [3.63, 3.8) is 0 Å². The molecule has 0 aliphatic rings. The third-order valence-corrected chi connectivity index (χ3v) is 3.20. The Bertz CT molecular complexity index is 710. The van der Waals surface area contributed by atoms with Crippen LogP contribution >= 0.6 is 0 Å². The third kappa shape index (κ3) is 2.74. The number of aromatic nitrogens is 3. The van der Waals surface area contributed by atoms with Gasteiger partial charge in [-0.05, 0) is 43.2 Å². The van der Waals surface area contributed by atoms with Gasteiger partial charge in [0.1, 0.15) is 5.82 Å². The largest absolute Gasteiger partial charge is 0.368 e. The van der Waals surface area contributed by atoms with Crippen LogP contribution in [0, 0.1) is 6.92 Å². The van der Waals surface area contributed by atoms with Gasteiger partial charge in [0.15, 0.2) is 0 Å². The molecule has 3 aromatic rings. The van der Waals surface area contributed by atoms with E-state index in [2.05, 4.69) is 20.3 Å². The third-order valence-electron chi connectivity index (χ3n) is 3.20. The molecule has 0 spiro atoms. The molecule has 100 valence electrons. The van der Waals surface area contributed by atoms with Crippen LogP contribution in [-0.2, 0) is 6.42 Å². The highest BCUT2D eigenvalue weighted by Gasteiger charge is 2.04. The highest BCUT2D eigenvalue weighted by molar-refractivity contribution is 5.76. The zero-order valence-electron chi connectivity index (χ0n) is 11.4. The maximum Gasteiger partial charge on any atom is 0.148 e. The lowest BCUT2D eigenvalue weighted by molar-refractivity contribution is 0.992. The first-order valence-electron chi connectivity index (χ1n) is 6.69. The van der Waals surface area contributed by atoms with Crippen LogP contribution < -0.4 is 5.32 Å². The van der Waals surface area contributed by atoms with E-state index in [-0.39, 0.29) is 0 Å². The summed E-state index contributed by atoms with van der Waals surface area (Å²) in [4.78, 5) is 13.2. The highest BCUT2D eigenvalue weighted by atomic mass is 15.0. The smallest absolute Gasteiger partial charge is 0.148 e. The monoisotopic (exact) mass is 264 g/mol. The highest BCUT2D eigenvalue weighted by Crippen LogP contribution is 2.15. The SMILES string of the molecule is Cc1nc2ccccc2nc1NCCc1ccncc1. The van der Waals surface area contributed by atoms with Gasteiger partial charge in [-0.3, -0.25) is 4.98 Å². The molecule has 2 aromatic heterocycles. The summed E-state index contributed by atoms with van der Waals surface area (Å²) in [5.74, 6) is 0.859. The van der Waals surface area contributed by atoms with Crippen molar-refractivity contribution in [3.05, 3.63) is 60.0 Å². The van der Waals surface area contributed by atoms with Crippen molar-refractivity contribution in [2.24, 2.45) is 0 Å². The standard InChI is InChI=1S/C16H16N4/c1-12-16(18-11-8-13-6-9-17-10-7-13)20-15-5-3-2-4-14(15)19-12/h2-7,9-10H,8,11H2,1H3,(H,18,20). The molecular weight excluding hydrogens is 248 g/mol. The normalized spacial score (nSPS) is 10.7. The van der Waals surface area contributed by atoms with E-state index in [4.69, 9.17) is 0 Å². The number of anilines is 1. The maximum atomic E-state index is 4.62. The summed E-state index contributed by atoms with van der Waals surface area (Å²) in [6, 6.07) is 12.0. The van der Waals surface area contributed by atoms with Gasteiger partial charge in [0.05, 0.1) is 16.7 Å². The maximum absolute atomic E-state index is 4.62. The first kappa shape index (κ1) is 12.5. The fourth-order valence-electron chi connectivity index (χ4n) is 2.13. The summed E-state index contributed by atoms with van der Waals surface area (Å²) in [7, 11) is 0. The van der Waals surface area contributed by atoms with Crippen LogP contribution in [0.5, 0.6) is 0 Å². The van der Waals surface area contributed by atoms with Crippen LogP contribution in [0.15, 0.2) is 48.8 Å². The molecule has 4 nitrogen and oxygen atoms in total. The molecule has 0 aliphatic carbocycles. The average Bonchev–Trinajstić information content (AvgIpc) is 2.49. The van der Waals surface area contributed by atoms with Gasteiger partial charge in [-0.1, -0.05) is 12.1 Å². The van der Waals surface area contributed by atoms with Crippen LogP contribution in [0.25, 0.3) is 11.0 Å². The van der Waals surface area contributed by atoms with Crippen molar-refractivity contribution in [2.75, 3.05) is 11.9 Å². The zero-order chi connectivity index (χ0) is 13.8. The topological polar surface area (TPSA) is 50.7 Å². The second kappa shape index (κ2) is 5.65. The molecule has 0 unspecified atom stereocenters. The zero-order valence-corrected chi connectivity index (χ0v) is 11.4. The number of pyridine rings is 1. The van der Waals surface area contributed by atoms with Crippen LogP contribution in [0.3, 0.4) is 0 Å². The minimum absolute atomic E-state index is 0.831. The molecule has 0 radical (unpaired) electrons. The molecule has 20 heavy (non-hydrogen) atoms. The Balaban J connectivity index is 1.72. The molecule has 0 saturated heterocycles. The van der Waals surface area contributed by atoms with Crippen molar-refractivity contribution in [1.29, 1.82) is 0 Å². The predicted octanol–water partition coefficient (Wildman–Crippen LogP) is 2.99. The van der Waals surface area contributed by atoms with Gasteiger partial charge in [-0.15, -0.1) is 0 Å². The number of rotatable bonds is 4. The molecule has 1 N–H and O–H groups in total. The van der Waals surface area contributed by atoms with Gasteiger partial charge in [0.2, 0.25) is 0 Å². The van der Waals surface area contributed by atoms with Gasteiger partial charge in [0, 0.05) is 18.9 Å². The van der Waals surface area contributed by atoms with E-state index < -0.39 is 0 Å². The first-order chi connectivity index (χ1) is 9.83. The molecule has 0 amide bonds. The van der Waals surface area contributed by atoms with Gasteiger partial charge >= 0.3 is 0 Å².